The maximum Gasteiger partial charge on any atom is 0.259 e. The number of unbranched alkanes of at least 4 members (excludes halogenated alkanes) is 1. The average Bonchev–Trinajstić information content (AvgIpc) is 2.83. The molecule has 0 aliphatic heterocycles. The highest BCUT2D eigenvalue weighted by Gasteiger charge is 2.23. The van der Waals surface area contributed by atoms with E-state index in [1.54, 1.807) is 35.1 Å². The van der Waals surface area contributed by atoms with Gasteiger partial charge in [-0.2, -0.15) is 0 Å². The number of carbonyl (C=O) groups excluding carboxylic acids is 2. The van der Waals surface area contributed by atoms with Gasteiger partial charge >= 0.3 is 0 Å². The van der Waals surface area contributed by atoms with E-state index in [0.717, 1.165) is 44.2 Å². The largest absolute Gasteiger partial charge is 0.352 e. The molecule has 0 bridgehead atoms. The van der Waals surface area contributed by atoms with Gasteiger partial charge < -0.3 is 14.8 Å². The zero-order chi connectivity index (χ0) is 24.3. The summed E-state index contributed by atoms with van der Waals surface area (Å²) in [6, 6.07) is 5.80. The highest BCUT2D eigenvalue weighted by Crippen LogP contribution is 2.17. The molecule has 2 aromatic rings. The summed E-state index contributed by atoms with van der Waals surface area (Å²) in [4.78, 5) is 45.5. The number of hydrogen-bond acceptors (Lipinski definition) is 4. The Hall–Kier alpha value is -2.96. The Bertz CT molecular complexity index is 995. The average molecular weight is 467 g/mol. The molecule has 2 amide bonds. The third-order valence-corrected chi connectivity index (χ3v) is 6.54. The SMILES string of the molecule is CCCCN(C)C(=O)c1cn(CCc2ccccn2)cc(C(=O)NC2CCCCCCC2)c1=O. The lowest BCUT2D eigenvalue weighted by atomic mass is 9.96. The molecular formula is C27H38N4O3. The fourth-order valence-electron chi connectivity index (χ4n) is 4.43. The molecule has 0 spiro atoms. The van der Waals surface area contributed by atoms with Crippen molar-refractivity contribution < 1.29 is 9.59 Å². The lowest BCUT2D eigenvalue weighted by Gasteiger charge is -2.22. The number of hydrogen-bond donors (Lipinski definition) is 1. The van der Waals surface area contributed by atoms with Crippen LogP contribution in [0.4, 0.5) is 0 Å². The molecule has 1 aliphatic rings. The van der Waals surface area contributed by atoms with Gasteiger partial charge in [-0.25, -0.2) is 0 Å². The first-order valence-electron chi connectivity index (χ1n) is 12.7. The van der Waals surface area contributed by atoms with Gasteiger partial charge in [0.05, 0.1) is 0 Å². The molecule has 1 saturated carbocycles. The number of aromatic nitrogens is 2. The zero-order valence-corrected chi connectivity index (χ0v) is 20.6. The molecule has 2 heterocycles. The van der Waals surface area contributed by atoms with Crippen molar-refractivity contribution in [3.05, 3.63) is 63.8 Å². The number of amides is 2. The van der Waals surface area contributed by atoms with Gasteiger partial charge in [0.25, 0.3) is 11.8 Å². The molecule has 0 atom stereocenters. The van der Waals surface area contributed by atoms with Crippen molar-refractivity contribution in [2.45, 2.75) is 83.7 Å². The summed E-state index contributed by atoms with van der Waals surface area (Å²) < 4.78 is 1.78. The molecule has 0 saturated heterocycles. The lowest BCUT2D eigenvalue weighted by Crippen LogP contribution is -2.40. The van der Waals surface area contributed by atoms with E-state index < -0.39 is 5.43 Å². The minimum atomic E-state index is -0.495. The van der Waals surface area contributed by atoms with Crippen molar-refractivity contribution >= 4 is 11.8 Å². The zero-order valence-electron chi connectivity index (χ0n) is 20.6. The Balaban J connectivity index is 1.86. The van der Waals surface area contributed by atoms with E-state index in [1.165, 1.54) is 19.3 Å². The predicted octanol–water partition coefficient (Wildman–Crippen LogP) is 4.20. The second-order valence-corrected chi connectivity index (χ2v) is 9.32. The summed E-state index contributed by atoms with van der Waals surface area (Å²) in [6.45, 7) is 3.14. The fraction of sp³-hybridized carbons (Fsp3) is 0.556. The minimum Gasteiger partial charge on any atom is -0.352 e. The minimum absolute atomic E-state index is 0.0396. The van der Waals surface area contributed by atoms with Crippen molar-refractivity contribution in [1.29, 1.82) is 0 Å². The number of carbonyl (C=O) groups is 2. The van der Waals surface area contributed by atoms with Crippen LogP contribution in [0.25, 0.3) is 0 Å². The van der Waals surface area contributed by atoms with Crippen LogP contribution in [0.15, 0.2) is 41.6 Å². The van der Waals surface area contributed by atoms with Gasteiger partial charge in [-0.1, -0.05) is 51.5 Å². The normalized spacial score (nSPS) is 14.8. The standard InChI is InChI=1S/C27H38N4O3/c1-3-4-17-30(2)27(34)24-20-31(18-15-21-12-10-11-16-28-21)19-23(25(24)32)26(33)29-22-13-8-6-5-7-9-14-22/h10-12,16,19-20,22H,3-9,13-15,17-18H2,1-2H3,(H,29,33). The summed E-state index contributed by atoms with van der Waals surface area (Å²) in [5, 5.41) is 3.08. The molecule has 3 rings (SSSR count). The van der Waals surface area contributed by atoms with E-state index in [0.29, 0.717) is 19.5 Å². The molecular weight excluding hydrogens is 428 g/mol. The Kier molecular flexibility index (Phi) is 9.86. The number of aryl methyl sites for hydroxylation is 2. The molecule has 7 heteroatoms. The third kappa shape index (κ3) is 7.27. The van der Waals surface area contributed by atoms with Gasteiger partial charge in [0.1, 0.15) is 11.1 Å². The van der Waals surface area contributed by atoms with Crippen LogP contribution in [0, 0.1) is 0 Å². The molecule has 1 N–H and O–H groups in total. The molecule has 1 fully saturated rings. The Morgan fingerprint density at radius 3 is 2.47 bits per heavy atom. The van der Waals surface area contributed by atoms with E-state index in [1.807, 2.05) is 18.2 Å². The number of nitrogens with zero attached hydrogens (tertiary/aromatic N) is 3. The van der Waals surface area contributed by atoms with Gasteiger partial charge in [0, 0.05) is 56.9 Å². The topological polar surface area (TPSA) is 84.3 Å². The quantitative estimate of drug-likeness (QED) is 0.600. The number of pyridine rings is 2. The van der Waals surface area contributed by atoms with Crippen LogP contribution in [0.5, 0.6) is 0 Å². The first kappa shape index (κ1) is 25.7. The van der Waals surface area contributed by atoms with E-state index in [2.05, 4.69) is 17.2 Å². The molecule has 1 aliphatic carbocycles. The summed E-state index contributed by atoms with van der Waals surface area (Å²) >= 11 is 0. The van der Waals surface area contributed by atoms with Crippen LogP contribution in [0.2, 0.25) is 0 Å². The van der Waals surface area contributed by atoms with Crippen LogP contribution in [-0.4, -0.2) is 45.9 Å². The smallest absolute Gasteiger partial charge is 0.259 e. The van der Waals surface area contributed by atoms with Crippen LogP contribution in [0.3, 0.4) is 0 Å². The van der Waals surface area contributed by atoms with Crippen molar-refractivity contribution in [1.82, 2.24) is 19.8 Å². The van der Waals surface area contributed by atoms with Crippen LogP contribution < -0.4 is 10.7 Å². The molecule has 0 aromatic carbocycles. The highest BCUT2D eigenvalue weighted by atomic mass is 16.2. The molecule has 184 valence electrons. The third-order valence-electron chi connectivity index (χ3n) is 6.54. The molecule has 7 nitrogen and oxygen atoms in total. The maximum absolute atomic E-state index is 13.3. The lowest BCUT2D eigenvalue weighted by molar-refractivity contribution is 0.0791. The Morgan fingerprint density at radius 1 is 1.09 bits per heavy atom. The first-order valence-corrected chi connectivity index (χ1v) is 12.7. The van der Waals surface area contributed by atoms with Gasteiger partial charge in [-0.15, -0.1) is 0 Å². The van der Waals surface area contributed by atoms with Crippen molar-refractivity contribution in [2.75, 3.05) is 13.6 Å². The van der Waals surface area contributed by atoms with Gasteiger partial charge in [0.2, 0.25) is 5.43 Å². The monoisotopic (exact) mass is 466 g/mol. The molecule has 2 aromatic heterocycles. The highest BCUT2D eigenvalue weighted by molar-refractivity contribution is 5.99. The van der Waals surface area contributed by atoms with E-state index >= 15 is 0 Å². The Labute approximate surface area is 202 Å². The summed E-state index contributed by atoms with van der Waals surface area (Å²) in [7, 11) is 1.71. The summed E-state index contributed by atoms with van der Waals surface area (Å²) in [6.07, 6.45) is 15.0. The van der Waals surface area contributed by atoms with Gasteiger partial charge in [-0.05, 0) is 31.4 Å². The fourth-order valence-corrected chi connectivity index (χ4v) is 4.43. The molecule has 0 radical (unpaired) electrons. The number of rotatable bonds is 9. The second kappa shape index (κ2) is 13.1. The van der Waals surface area contributed by atoms with Crippen LogP contribution in [0.1, 0.15) is 91.1 Å². The van der Waals surface area contributed by atoms with Crippen molar-refractivity contribution in [2.24, 2.45) is 0 Å². The summed E-state index contributed by atoms with van der Waals surface area (Å²) in [5.41, 5.74) is 0.503. The van der Waals surface area contributed by atoms with Crippen LogP contribution >= 0.6 is 0 Å². The van der Waals surface area contributed by atoms with Gasteiger partial charge in [0.15, 0.2) is 0 Å². The number of nitrogens with one attached hydrogen (secondary N) is 1. The van der Waals surface area contributed by atoms with E-state index in [-0.39, 0.29) is 29.0 Å². The van der Waals surface area contributed by atoms with E-state index in [4.69, 9.17) is 0 Å². The van der Waals surface area contributed by atoms with Gasteiger partial charge in [-0.3, -0.25) is 19.4 Å². The maximum atomic E-state index is 13.3. The van der Waals surface area contributed by atoms with E-state index in [9.17, 15) is 14.4 Å². The Morgan fingerprint density at radius 2 is 1.79 bits per heavy atom. The molecule has 34 heavy (non-hydrogen) atoms. The molecule has 0 unspecified atom stereocenters. The second-order valence-electron chi connectivity index (χ2n) is 9.32. The first-order chi connectivity index (χ1) is 16.5. The predicted molar refractivity (Wildman–Crippen MR) is 134 cm³/mol. The van der Waals surface area contributed by atoms with Crippen molar-refractivity contribution in [3.63, 3.8) is 0 Å². The van der Waals surface area contributed by atoms with Crippen LogP contribution in [-0.2, 0) is 13.0 Å². The van der Waals surface area contributed by atoms with Crippen molar-refractivity contribution in [3.8, 4) is 0 Å². The summed E-state index contributed by atoms with van der Waals surface area (Å²) in [5.74, 6) is -0.723.